The molecule has 1 unspecified atom stereocenters. The molecule has 7 heteroatoms. The van der Waals surface area contributed by atoms with Crippen LogP contribution in [0.25, 0.3) is 0 Å². The number of ether oxygens (including phenoxy) is 1. The molecule has 5 nitrogen and oxygen atoms in total. The molecule has 19 heavy (non-hydrogen) atoms. The second kappa shape index (κ2) is 6.95. The lowest BCUT2D eigenvalue weighted by Gasteiger charge is -2.15. The smallest absolute Gasteiger partial charge is 0.241 e. The first kappa shape index (κ1) is 16.0. The Balaban J connectivity index is 2.98. The summed E-state index contributed by atoms with van der Waals surface area (Å²) in [6, 6.07) is 6.05. The molecule has 1 atom stereocenters. The minimum Gasteiger partial charge on any atom is -0.389 e. The summed E-state index contributed by atoms with van der Waals surface area (Å²) < 4.78 is 32.2. The lowest BCUT2D eigenvalue weighted by molar-refractivity contribution is 0.133. The molecule has 0 fully saturated rings. The van der Waals surface area contributed by atoms with Crippen LogP contribution < -0.4 is 10.5 Å². The van der Waals surface area contributed by atoms with Crippen LogP contribution >= 0.6 is 12.2 Å². The Bertz CT molecular complexity index is 544. The molecule has 0 saturated heterocycles. The number of sulfonamides is 1. The summed E-state index contributed by atoms with van der Waals surface area (Å²) >= 11 is 4.86. The molecule has 0 radical (unpaired) electrons. The summed E-state index contributed by atoms with van der Waals surface area (Å²) in [4.78, 5) is 0.143. The maximum atomic E-state index is 12.2. The molecule has 3 N–H and O–H groups in total. The van der Waals surface area contributed by atoms with E-state index >= 15 is 0 Å². The Kier molecular flexibility index (Phi) is 5.86. The third-order valence-electron chi connectivity index (χ3n) is 2.37. The van der Waals surface area contributed by atoms with Crippen molar-refractivity contribution in [3.05, 3.63) is 29.8 Å². The lowest BCUT2D eigenvalue weighted by atomic mass is 10.2. The largest absolute Gasteiger partial charge is 0.389 e. The standard InChI is InChI=1S/C12H18N2O3S2/c1-3-17-8-9(2)14-19(15,16)11-7-5-4-6-10(11)12(13)18/h4-7,9,14H,3,8H2,1-2H3,(H2,13,18). The summed E-state index contributed by atoms with van der Waals surface area (Å²) in [7, 11) is -3.66. The average Bonchev–Trinajstić information content (AvgIpc) is 2.35. The molecule has 0 saturated carbocycles. The van der Waals surface area contributed by atoms with E-state index in [1.165, 1.54) is 6.07 Å². The maximum Gasteiger partial charge on any atom is 0.241 e. The highest BCUT2D eigenvalue weighted by atomic mass is 32.2. The number of hydrogen-bond acceptors (Lipinski definition) is 4. The molecule has 0 aliphatic carbocycles. The van der Waals surface area contributed by atoms with Crippen molar-refractivity contribution in [3.8, 4) is 0 Å². The molecule has 1 rings (SSSR count). The van der Waals surface area contributed by atoms with Crippen LogP contribution in [-0.2, 0) is 14.8 Å². The molecule has 0 bridgehead atoms. The van der Waals surface area contributed by atoms with Gasteiger partial charge in [-0.1, -0.05) is 30.4 Å². The lowest BCUT2D eigenvalue weighted by Crippen LogP contribution is -2.36. The Morgan fingerprint density at radius 1 is 1.47 bits per heavy atom. The normalized spacial score (nSPS) is 13.2. The number of nitrogens with two attached hydrogens (primary N) is 1. The summed E-state index contributed by atoms with van der Waals surface area (Å²) in [5, 5.41) is 0. The Morgan fingerprint density at radius 3 is 2.68 bits per heavy atom. The zero-order valence-electron chi connectivity index (χ0n) is 10.9. The van der Waals surface area contributed by atoms with Crippen molar-refractivity contribution in [2.24, 2.45) is 5.73 Å². The predicted octanol–water partition coefficient (Wildman–Crippen LogP) is 1.02. The molecule has 1 aromatic carbocycles. The van der Waals surface area contributed by atoms with Crippen LogP contribution in [-0.4, -0.2) is 32.7 Å². The van der Waals surface area contributed by atoms with Crippen LogP contribution in [0.2, 0.25) is 0 Å². The van der Waals surface area contributed by atoms with Gasteiger partial charge in [0.25, 0.3) is 0 Å². The Hall–Kier alpha value is -1.02. The van der Waals surface area contributed by atoms with Crippen molar-refractivity contribution >= 4 is 27.2 Å². The van der Waals surface area contributed by atoms with Gasteiger partial charge in [-0.3, -0.25) is 0 Å². The first-order valence-corrected chi connectivity index (χ1v) is 7.76. The van der Waals surface area contributed by atoms with Crippen molar-refractivity contribution < 1.29 is 13.2 Å². The summed E-state index contributed by atoms with van der Waals surface area (Å²) in [6.07, 6.45) is 0. The number of benzene rings is 1. The molecule has 1 aromatic rings. The fraction of sp³-hybridized carbons (Fsp3) is 0.417. The molecule has 106 valence electrons. The fourth-order valence-electron chi connectivity index (χ4n) is 1.56. The zero-order chi connectivity index (χ0) is 14.5. The van der Waals surface area contributed by atoms with Crippen molar-refractivity contribution in [2.45, 2.75) is 24.8 Å². The molecule has 0 aliphatic rings. The Labute approximate surface area is 119 Å². The van der Waals surface area contributed by atoms with E-state index in [4.69, 9.17) is 22.7 Å². The minimum absolute atomic E-state index is 0.0541. The minimum atomic E-state index is -3.66. The third-order valence-corrected chi connectivity index (χ3v) is 4.24. The van der Waals surface area contributed by atoms with E-state index < -0.39 is 10.0 Å². The highest BCUT2D eigenvalue weighted by Gasteiger charge is 2.21. The van der Waals surface area contributed by atoms with Crippen LogP contribution in [0.15, 0.2) is 29.2 Å². The van der Waals surface area contributed by atoms with E-state index in [-0.39, 0.29) is 15.9 Å². The van der Waals surface area contributed by atoms with Gasteiger partial charge in [0.2, 0.25) is 10.0 Å². The van der Waals surface area contributed by atoms with Crippen molar-refractivity contribution in [1.29, 1.82) is 0 Å². The number of nitrogens with one attached hydrogen (secondary N) is 1. The summed E-state index contributed by atoms with van der Waals surface area (Å²) in [5.74, 6) is 0. The highest BCUT2D eigenvalue weighted by Crippen LogP contribution is 2.15. The van der Waals surface area contributed by atoms with E-state index in [0.717, 1.165) is 0 Å². The third kappa shape index (κ3) is 4.54. The van der Waals surface area contributed by atoms with Crippen LogP contribution in [0.3, 0.4) is 0 Å². The maximum absolute atomic E-state index is 12.2. The van der Waals surface area contributed by atoms with Gasteiger partial charge in [-0.15, -0.1) is 0 Å². The van der Waals surface area contributed by atoms with Gasteiger partial charge in [0.05, 0.1) is 11.5 Å². The first-order valence-electron chi connectivity index (χ1n) is 5.87. The predicted molar refractivity (Wildman–Crippen MR) is 78.6 cm³/mol. The van der Waals surface area contributed by atoms with Gasteiger partial charge in [-0.05, 0) is 19.9 Å². The molecule has 0 spiro atoms. The summed E-state index contributed by atoms with van der Waals surface area (Å²) in [5.41, 5.74) is 5.88. The van der Waals surface area contributed by atoms with Gasteiger partial charge in [0.1, 0.15) is 4.99 Å². The molecule has 0 aromatic heterocycles. The van der Waals surface area contributed by atoms with E-state index in [9.17, 15) is 8.42 Å². The van der Waals surface area contributed by atoms with Crippen LogP contribution in [0.1, 0.15) is 19.4 Å². The quantitative estimate of drug-likeness (QED) is 0.735. The number of hydrogen-bond donors (Lipinski definition) is 2. The molecular weight excluding hydrogens is 284 g/mol. The molecule has 0 amide bonds. The fourth-order valence-corrected chi connectivity index (χ4v) is 3.25. The zero-order valence-corrected chi connectivity index (χ0v) is 12.6. The van der Waals surface area contributed by atoms with E-state index in [1.807, 2.05) is 6.92 Å². The van der Waals surface area contributed by atoms with Gasteiger partial charge in [-0.2, -0.15) is 0 Å². The summed E-state index contributed by atoms with van der Waals surface area (Å²) in [6.45, 7) is 4.43. The van der Waals surface area contributed by atoms with E-state index in [0.29, 0.717) is 18.8 Å². The van der Waals surface area contributed by atoms with Gasteiger partial charge < -0.3 is 10.5 Å². The van der Waals surface area contributed by atoms with Gasteiger partial charge in [-0.25, -0.2) is 13.1 Å². The van der Waals surface area contributed by atoms with Crippen molar-refractivity contribution in [1.82, 2.24) is 4.72 Å². The highest BCUT2D eigenvalue weighted by molar-refractivity contribution is 7.89. The SMILES string of the molecule is CCOCC(C)NS(=O)(=O)c1ccccc1C(N)=S. The van der Waals surface area contributed by atoms with Crippen molar-refractivity contribution in [2.75, 3.05) is 13.2 Å². The molecule has 0 aliphatic heterocycles. The van der Waals surface area contributed by atoms with Gasteiger partial charge in [0.15, 0.2) is 0 Å². The van der Waals surface area contributed by atoms with E-state index in [2.05, 4.69) is 4.72 Å². The van der Waals surface area contributed by atoms with Gasteiger partial charge in [0, 0.05) is 18.2 Å². The van der Waals surface area contributed by atoms with Crippen LogP contribution in [0, 0.1) is 0 Å². The number of rotatable bonds is 7. The topological polar surface area (TPSA) is 81.4 Å². The average molecular weight is 302 g/mol. The van der Waals surface area contributed by atoms with Crippen LogP contribution in [0.4, 0.5) is 0 Å². The van der Waals surface area contributed by atoms with E-state index in [1.54, 1.807) is 25.1 Å². The monoisotopic (exact) mass is 302 g/mol. The van der Waals surface area contributed by atoms with Crippen molar-refractivity contribution in [3.63, 3.8) is 0 Å². The second-order valence-corrected chi connectivity index (χ2v) is 6.16. The van der Waals surface area contributed by atoms with Crippen LogP contribution in [0.5, 0.6) is 0 Å². The Morgan fingerprint density at radius 2 is 2.11 bits per heavy atom. The molecule has 0 heterocycles. The molecular formula is C12H18N2O3S2. The number of thiocarbonyl (C=S) groups is 1. The first-order chi connectivity index (χ1) is 8.88. The van der Waals surface area contributed by atoms with Gasteiger partial charge >= 0.3 is 0 Å². The second-order valence-electron chi connectivity index (χ2n) is 4.04.